The Hall–Kier alpha value is -1.17. The third-order valence-corrected chi connectivity index (χ3v) is 3.18. The molecule has 0 saturated carbocycles. The van der Waals surface area contributed by atoms with E-state index >= 15 is 0 Å². The van der Waals surface area contributed by atoms with E-state index in [0.29, 0.717) is 16.8 Å². The Kier molecular flexibility index (Phi) is 4.86. The minimum atomic E-state index is -0.391. The van der Waals surface area contributed by atoms with E-state index in [1.807, 2.05) is 18.7 Å². The van der Waals surface area contributed by atoms with E-state index in [-0.39, 0.29) is 11.7 Å². The minimum Gasteiger partial charge on any atom is -0.348 e. The van der Waals surface area contributed by atoms with Gasteiger partial charge in [-0.15, -0.1) is 0 Å². The number of halogens is 1. The summed E-state index contributed by atoms with van der Waals surface area (Å²) in [5.74, 6) is 0.440. The van der Waals surface area contributed by atoms with E-state index in [0.717, 1.165) is 6.42 Å². The van der Waals surface area contributed by atoms with Crippen LogP contribution in [-0.2, 0) is 0 Å². The van der Waals surface area contributed by atoms with E-state index in [2.05, 4.69) is 27.8 Å². The Balaban J connectivity index is 3.23. The van der Waals surface area contributed by atoms with Gasteiger partial charge in [-0.3, -0.25) is 10.1 Å². The molecule has 5 nitrogen and oxygen atoms in total. The fourth-order valence-corrected chi connectivity index (χ4v) is 1.99. The van der Waals surface area contributed by atoms with Gasteiger partial charge in [0.05, 0.1) is 4.92 Å². The molecule has 1 heterocycles. The molecule has 0 aliphatic heterocycles. The summed E-state index contributed by atoms with van der Waals surface area (Å²) in [5, 5.41) is 11.0. The van der Waals surface area contributed by atoms with Gasteiger partial charge in [0.2, 0.25) is 5.82 Å². The highest BCUT2D eigenvalue weighted by Gasteiger charge is 2.23. The van der Waals surface area contributed by atoms with Crippen molar-refractivity contribution in [3.8, 4) is 0 Å². The van der Waals surface area contributed by atoms with Crippen molar-refractivity contribution in [2.75, 3.05) is 11.4 Å². The maximum Gasteiger partial charge on any atom is 0.312 e. The first-order chi connectivity index (χ1) is 8.01. The lowest BCUT2D eigenvalue weighted by Gasteiger charge is -2.27. The maximum absolute atomic E-state index is 11.0. The highest BCUT2D eigenvalue weighted by Crippen LogP contribution is 2.30. The molecule has 0 N–H and O–H groups in total. The van der Waals surface area contributed by atoms with Crippen LogP contribution in [0.2, 0.25) is 0 Å². The van der Waals surface area contributed by atoms with Gasteiger partial charge in [-0.05, 0) is 36.2 Å². The lowest BCUT2D eigenvalue weighted by molar-refractivity contribution is -0.384. The SMILES string of the molecule is CCC(C)N(CC)c1ncc(Br)cc1[N+](=O)[O-]. The number of aromatic nitrogens is 1. The number of hydrogen-bond acceptors (Lipinski definition) is 4. The van der Waals surface area contributed by atoms with Gasteiger partial charge in [0.25, 0.3) is 0 Å². The molecule has 1 aromatic heterocycles. The van der Waals surface area contributed by atoms with Crippen LogP contribution >= 0.6 is 15.9 Å². The van der Waals surface area contributed by atoms with Crippen molar-refractivity contribution in [1.82, 2.24) is 4.98 Å². The average molecular weight is 302 g/mol. The fraction of sp³-hybridized carbons (Fsp3) is 0.545. The fourth-order valence-electron chi connectivity index (χ4n) is 1.67. The molecule has 0 aromatic carbocycles. The Labute approximate surface area is 109 Å². The molecule has 94 valence electrons. The van der Waals surface area contributed by atoms with Crippen LogP contribution in [0.25, 0.3) is 0 Å². The van der Waals surface area contributed by atoms with Crippen molar-refractivity contribution in [3.63, 3.8) is 0 Å². The highest BCUT2D eigenvalue weighted by molar-refractivity contribution is 9.10. The van der Waals surface area contributed by atoms with E-state index < -0.39 is 4.92 Å². The number of hydrogen-bond donors (Lipinski definition) is 0. The van der Waals surface area contributed by atoms with Crippen molar-refractivity contribution in [2.45, 2.75) is 33.2 Å². The molecule has 0 spiro atoms. The topological polar surface area (TPSA) is 59.3 Å². The Morgan fingerprint density at radius 3 is 2.71 bits per heavy atom. The zero-order chi connectivity index (χ0) is 13.0. The zero-order valence-electron chi connectivity index (χ0n) is 10.2. The maximum atomic E-state index is 11.0. The molecule has 1 unspecified atom stereocenters. The number of pyridine rings is 1. The van der Waals surface area contributed by atoms with Crippen molar-refractivity contribution >= 4 is 27.4 Å². The van der Waals surface area contributed by atoms with Gasteiger partial charge in [-0.1, -0.05) is 6.92 Å². The van der Waals surface area contributed by atoms with Crippen LogP contribution in [-0.4, -0.2) is 22.5 Å². The predicted octanol–water partition coefficient (Wildman–Crippen LogP) is 3.38. The molecular weight excluding hydrogens is 286 g/mol. The molecule has 0 aliphatic rings. The van der Waals surface area contributed by atoms with Crippen molar-refractivity contribution in [3.05, 3.63) is 26.9 Å². The molecule has 0 radical (unpaired) electrons. The molecule has 0 amide bonds. The van der Waals surface area contributed by atoms with Crippen LogP contribution < -0.4 is 4.90 Å². The zero-order valence-corrected chi connectivity index (χ0v) is 11.8. The molecule has 0 aliphatic carbocycles. The largest absolute Gasteiger partial charge is 0.348 e. The Morgan fingerprint density at radius 1 is 1.59 bits per heavy atom. The number of nitro groups is 1. The van der Waals surface area contributed by atoms with Crippen molar-refractivity contribution < 1.29 is 4.92 Å². The molecule has 6 heteroatoms. The van der Waals surface area contributed by atoms with Gasteiger partial charge in [0.15, 0.2) is 0 Å². The highest BCUT2D eigenvalue weighted by atomic mass is 79.9. The summed E-state index contributed by atoms with van der Waals surface area (Å²) in [5.41, 5.74) is 0.0431. The summed E-state index contributed by atoms with van der Waals surface area (Å²) in [6.07, 6.45) is 2.51. The summed E-state index contributed by atoms with van der Waals surface area (Å²) in [4.78, 5) is 16.8. The van der Waals surface area contributed by atoms with Crippen molar-refractivity contribution in [1.29, 1.82) is 0 Å². The molecule has 0 fully saturated rings. The molecule has 1 aromatic rings. The second-order valence-corrected chi connectivity index (χ2v) is 4.71. The lowest BCUT2D eigenvalue weighted by atomic mass is 10.2. The molecule has 1 atom stereocenters. The molecule has 17 heavy (non-hydrogen) atoms. The summed E-state index contributed by atoms with van der Waals surface area (Å²) in [6.45, 7) is 6.76. The lowest BCUT2D eigenvalue weighted by Crippen LogP contribution is -2.33. The summed E-state index contributed by atoms with van der Waals surface area (Å²) in [7, 11) is 0. The Morgan fingerprint density at radius 2 is 2.24 bits per heavy atom. The van der Waals surface area contributed by atoms with Crippen LogP contribution in [0.15, 0.2) is 16.7 Å². The minimum absolute atomic E-state index is 0.0431. The van der Waals surface area contributed by atoms with Crippen LogP contribution in [0.3, 0.4) is 0 Å². The van der Waals surface area contributed by atoms with E-state index in [1.54, 1.807) is 6.20 Å². The van der Waals surface area contributed by atoms with E-state index in [1.165, 1.54) is 6.07 Å². The second kappa shape index (κ2) is 5.95. The monoisotopic (exact) mass is 301 g/mol. The summed E-state index contributed by atoms with van der Waals surface area (Å²) >= 11 is 3.20. The standard InChI is InChI=1S/C11H16BrN3O2/c1-4-8(3)14(5-2)11-10(15(16)17)6-9(12)7-13-11/h6-8H,4-5H2,1-3H3. The summed E-state index contributed by atoms with van der Waals surface area (Å²) in [6, 6.07) is 1.72. The van der Waals surface area contributed by atoms with Crippen LogP contribution in [0.1, 0.15) is 27.2 Å². The number of rotatable bonds is 5. The number of nitrogens with zero attached hydrogens (tertiary/aromatic N) is 3. The Bertz CT molecular complexity index is 412. The van der Waals surface area contributed by atoms with Crippen LogP contribution in [0, 0.1) is 10.1 Å². The van der Waals surface area contributed by atoms with Gasteiger partial charge in [0, 0.05) is 29.3 Å². The van der Waals surface area contributed by atoms with E-state index in [4.69, 9.17) is 0 Å². The molecule has 0 saturated heterocycles. The van der Waals surface area contributed by atoms with E-state index in [9.17, 15) is 10.1 Å². The van der Waals surface area contributed by atoms with Crippen LogP contribution in [0.5, 0.6) is 0 Å². The molecular formula is C11H16BrN3O2. The third-order valence-electron chi connectivity index (χ3n) is 2.75. The molecule has 1 rings (SSSR count). The smallest absolute Gasteiger partial charge is 0.312 e. The van der Waals surface area contributed by atoms with Gasteiger partial charge in [-0.2, -0.15) is 0 Å². The summed E-state index contributed by atoms with van der Waals surface area (Å²) < 4.78 is 0.619. The first kappa shape index (κ1) is 13.9. The first-order valence-corrected chi connectivity index (χ1v) is 6.37. The molecule has 0 bridgehead atoms. The number of anilines is 1. The second-order valence-electron chi connectivity index (χ2n) is 3.80. The van der Waals surface area contributed by atoms with Gasteiger partial charge in [0.1, 0.15) is 0 Å². The van der Waals surface area contributed by atoms with Gasteiger partial charge >= 0.3 is 5.69 Å². The predicted molar refractivity (Wildman–Crippen MR) is 71.4 cm³/mol. The van der Waals surface area contributed by atoms with Crippen molar-refractivity contribution in [2.24, 2.45) is 0 Å². The normalized spacial score (nSPS) is 12.2. The van der Waals surface area contributed by atoms with Gasteiger partial charge in [-0.25, -0.2) is 4.98 Å². The first-order valence-electron chi connectivity index (χ1n) is 5.57. The van der Waals surface area contributed by atoms with Gasteiger partial charge < -0.3 is 4.90 Å². The quantitative estimate of drug-likeness (QED) is 0.618. The third kappa shape index (κ3) is 3.15. The average Bonchev–Trinajstić information content (AvgIpc) is 2.31. The van der Waals surface area contributed by atoms with Crippen LogP contribution in [0.4, 0.5) is 11.5 Å².